The second-order valence-electron chi connectivity index (χ2n) is 9.59. The Kier molecular flexibility index (Phi) is 6.12. The minimum Gasteiger partial charge on any atom is -0.389 e. The number of benzene rings is 1. The van der Waals surface area contributed by atoms with Crippen molar-refractivity contribution >= 4 is 11.8 Å². The fraction of sp³-hybridized carbons (Fsp3) is 0.360. The highest BCUT2D eigenvalue weighted by Crippen LogP contribution is 2.43. The smallest absolute Gasteiger partial charge is 0.278 e. The van der Waals surface area contributed by atoms with Crippen LogP contribution in [0.4, 0.5) is 11.8 Å². The van der Waals surface area contributed by atoms with Gasteiger partial charge < -0.3 is 20.7 Å². The molecule has 1 unspecified atom stereocenters. The molecule has 35 heavy (non-hydrogen) atoms. The highest BCUT2D eigenvalue weighted by atomic mass is 16.5. The molecular formula is C25H28N8O2. The second-order valence-corrected chi connectivity index (χ2v) is 9.59. The third-order valence-corrected chi connectivity index (χ3v) is 5.95. The lowest BCUT2D eigenvalue weighted by Gasteiger charge is -2.17. The van der Waals surface area contributed by atoms with Gasteiger partial charge in [0.05, 0.1) is 18.0 Å². The van der Waals surface area contributed by atoms with Crippen LogP contribution in [0.1, 0.15) is 44.0 Å². The number of rotatable bonds is 9. The molecule has 0 bridgehead atoms. The van der Waals surface area contributed by atoms with E-state index in [1.165, 1.54) is 5.56 Å². The molecule has 1 aromatic carbocycles. The fourth-order valence-corrected chi connectivity index (χ4v) is 3.87. The van der Waals surface area contributed by atoms with Crippen molar-refractivity contribution in [2.24, 2.45) is 5.92 Å². The van der Waals surface area contributed by atoms with Crippen LogP contribution < -0.4 is 11.1 Å². The number of aromatic nitrogens is 6. The molecule has 1 aliphatic carbocycles. The van der Waals surface area contributed by atoms with Crippen LogP contribution in [-0.4, -0.2) is 47.3 Å². The molecule has 3 aromatic heterocycles. The van der Waals surface area contributed by atoms with Crippen molar-refractivity contribution in [1.82, 2.24) is 30.1 Å². The average molecular weight is 473 g/mol. The summed E-state index contributed by atoms with van der Waals surface area (Å²) in [7, 11) is 0. The first kappa shape index (κ1) is 22.9. The Balaban J connectivity index is 1.27. The zero-order valence-electron chi connectivity index (χ0n) is 19.7. The highest BCUT2D eigenvalue weighted by Gasteiger charge is 2.35. The predicted molar refractivity (Wildman–Crippen MR) is 131 cm³/mol. The van der Waals surface area contributed by atoms with Crippen LogP contribution >= 0.6 is 0 Å². The lowest BCUT2D eigenvalue weighted by molar-refractivity contribution is 0.0944. The lowest BCUT2D eigenvalue weighted by Crippen LogP contribution is -2.29. The third kappa shape index (κ3) is 5.78. The van der Waals surface area contributed by atoms with Crippen LogP contribution in [0.15, 0.2) is 53.6 Å². The number of nitrogens with one attached hydrogen (secondary N) is 1. The van der Waals surface area contributed by atoms with Crippen LogP contribution in [0.2, 0.25) is 0 Å². The van der Waals surface area contributed by atoms with Crippen molar-refractivity contribution in [2.45, 2.75) is 44.6 Å². The summed E-state index contributed by atoms with van der Waals surface area (Å²) >= 11 is 0. The van der Waals surface area contributed by atoms with Gasteiger partial charge in [-0.25, -0.2) is 19.9 Å². The van der Waals surface area contributed by atoms with Gasteiger partial charge in [0.15, 0.2) is 5.82 Å². The Morgan fingerprint density at radius 3 is 2.40 bits per heavy atom. The molecule has 0 amide bonds. The van der Waals surface area contributed by atoms with Gasteiger partial charge in [-0.05, 0) is 50.2 Å². The van der Waals surface area contributed by atoms with Gasteiger partial charge in [0, 0.05) is 30.4 Å². The van der Waals surface area contributed by atoms with E-state index >= 15 is 0 Å². The normalized spacial score (nSPS) is 14.6. The Morgan fingerprint density at radius 2 is 1.77 bits per heavy atom. The fourth-order valence-electron chi connectivity index (χ4n) is 3.87. The van der Waals surface area contributed by atoms with Crippen molar-refractivity contribution in [3.05, 3.63) is 60.4 Å². The Bertz CT molecular complexity index is 1260. The summed E-state index contributed by atoms with van der Waals surface area (Å²) in [4.78, 5) is 21.5. The maximum absolute atomic E-state index is 9.84. The summed E-state index contributed by atoms with van der Waals surface area (Å²) in [6.45, 7) is 3.81. The van der Waals surface area contributed by atoms with Gasteiger partial charge in [-0.15, -0.1) is 0 Å². The van der Waals surface area contributed by atoms with Crippen molar-refractivity contribution in [3.63, 3.8) is 0 Å². The Morgan fingerprint density at radius 1 is 1.03 bits per heavy atom. The SMILES string of the molecule is CC(C)(O)CNc1cnc(-c2nc(C(Cc3ccc(-c4cnc(N)nc4)cc3)C3CC3)no2)cn1. The molecule has 1 aliphatic rings. The molecule has 1 atom stereocenters. The van der Waals surface area contributed by atoms with Crippen LogP contribution in [0.5, 0.6) is 0 Å². The number of nitrogens with zero attached hydrogens (tertiary/aromatic N) is 6. The molecule has 1 saturated carbocycles. The minimum atomic E-state index is -0.843. The van der Waals surface area contributed by atoms with Gasteiger partial charge in [0.2, 0.25) is 5.95 Å². The number of aliphatic hydroxyl groups is 1. The first-order valence-corrected chi connectivity index (χ1v) is 11.6. The van der Waals surface area contributed by atoms with E-state index in [4.69, 9.17) is 10.3 Å². The van der Waals surface area contributed by atoms with E-state index in [1.54, 1.807) is 38.6 Å². The van der Waals surface area contributed by atoms with E-state index in [9.17, 15) is 5.11 Å². The first-order chi connectivity index (χ1) is 16.8. The molecule has 180 valence electrons. The number of hydrogen-bond donors (Lipinski definition) is 3. The topological polar surface area (TPSA) is 149 Å². The molecule has 4 N–H and O–H groups in total. The van der Waals surface area contributed by atoms with Crippen molar-refractivity contribution in [3.8, 4) is 22.7 Å². The highest BCUT2D eigenvalue weighted by molar-refractivity contribution is 5.62. The summed E-state index contributed by atoms with van der Waals surface area (Å²) in [6, 6.07) is 8.37. The van der Waals surface area contributed by atoms with Gasteiger partial charge >= 0.3 is 0 Å². The van der Waals surface area contributed by atoms with Crippen molar-refractivity contribution in [2.75, 3.05) is 17.6 Å². The first-order valence-electron chi connectivity index (χ1n) is 11.6. The number of nitrogen functional groups attached to an aromatic ring is 1. The maximum Gasteiger partial charge on any atom is 0.278 e. The molecule has 1 fully saturated rings. The van der Waals surface area contributed by atoms with E-state index < -0.39 is 5.60 Å². The van der Waals surface area contributed by atoms with Gasteiger partial charge in [0.1, 0.15) is 11.5 Å². The zero-order chi connectivity index (χ0) is 24.4. The zero-order valence-corrected chi connectivity index (χ0v) is 19.7. The molecule has 0 radical (unpaired) electrons. The maximum atomic E-state index is 9.84. The van der Waals surface area contributed by atoms with Crippen molar-refractivity contribution < 1.29 is 9.63 Å². The van der Waals surface area contributed by atoms with E-state index in [2.05, 4.69) is 59.7 Å². The molecule has 10 heteroatoms. The molecule has 10 nitrogen and oxygen atoms in total. The average Bonchev–Trinajstić information content (AvgIpc) is 3.58. The largest absolute Gasteiger partial charge is 0.389 e. The van der Waals surface area contributed by atoms with Gasteiger partial charge in [-0.1, -0.05) is 29.4 Å². The minimum absolute atomic E-state index is 0.180. The van der Waals surface area contributed by atoms with E-state index in [0.717, 1.165) is 30.4 Å². The molecule has 4 aromatic rings. The molecule has 0 spiro atoms. The van der Waals surface area contributed by atoms with Crippen LogP contribution in [0, 0.1) is 5.92 Å². The van der Waals surface area contributed by atoms with E-state index in [1.807, 2.05) is 0 Å². The molecule has 3 heterocycles. The van der Waals surface area contributed by atoms with E-state index in [-0.39, 0.29) is 11.9 Å². The lowest BCUT2D eigenvalue weighted by atomic mass is 9.93. The van der Waals surface area contributed by atoms with Crippen LogP contribution in [0.3, 0.4) is 0 Å². The summed E-state index contributed by atoms with van der Waals surface area (Å²) in [5.74, 6) is 2.61. The van der Waals surface area contributed by atoms with Crippen molar-refractivity contribution in [1.29, 1.82) is 0 Å². The second kappa shape index (κ2) is 9.38. The van der Waals surface area contributed by atoms with Gasteiger partial charge in [0.25, 0.3) is 5.89 Å². The summed E-state index contributed by atoms with van der Waals surface area (Å²) in [5.41, 5.74) is 8.43. The molecule has 0 saturated heterocycles. The Hall–Kier alpha value is -3.92. The predicted octanol–water partition coefficient (Wildman–Crippen LogP) is 3.48. The quantitative estimate of drug-likeness (QED) is 0.330. The Labute approximate surface area is 203 Å². The molecule has 0 aliphatic heterocycles. The third-order valence-electron chi connectivity index (χ3n) is 5.95. The summed E-state index contributed by atoms with van der Waals surface area (Å²) in [6.07, 6.45) is 9.79. The monoisotopic (exact) mass is 472 g/mol. The number of hydrogen-bond acceptors (Lipinski definition) is 10. The standard InChI is InChI=1S/C25H28N8O2/c1-25(2,34)14-31-21-13-27-20(12-28-21)23-32-22(33-35-23)19(17-7-8-17)9-15-3-5-16(6-4-15)18-10-29-24(26)30-11-18/h3-6,10-13,17,19,34H,7-9,14H2,1-2H3,(H,28,31)(H2,26,29,30). The van der Waals surface area contributed by atoms with Gasteiger partial charge in [-0.2, -0.15) is 4.98 Å². The molecule has 5 rings (SSSR count). The van der Waals surface area contributed by atoms with Gasteiger partial charge in [-0.3, -0.25) is 0 Å². The summed E-state index contributed by atoms with van der Waals surface area (Å²) < 4.78 is 5.54. The number of anilines is 2. The van der Waals surface area contributed by atoms with Crippen LogP contribution in [0.25, 0.3) is 22.7 Å². The summed E-state index contributed by atoms with van der Waals surface area (Å²) in [5, 5.41) is 17.2. The number of nitrogens with two attached hydrogens (primary N) is 1. The van der Waals surface area contributed by atoms with E-state index in [0.29, 0.717) is 35.7 Å². The molecular weight excluding hydrogens is 444 g/mol. The van der Waals surface area contributed by atoms with Crippen LogP contribution in [-0.2, 0) is 6.42 Å².